The van der Waals surface area contributed by atoms with Crippen molar-refractivity contribution in [1.82, 2.24) is 15.5 Å². The molecule has 0 aliphatic carbocycles. The van der Waals surface area contributed by atoms with Crippen LogP contribution in [0.1, 0.15) is 24.8 Å². The van der Waals surface area contributed by atoms with Crippen LogP contribution in [0.4, 0.5) is 5.69 Å². The van der Waals surface area contributed by atoms with Gasteiger partial charge in [0.2, 0.25) is 15.9 Å². The van der Waals surface area contributed by atoms with Crippen LogP contribution in [-0.2, 0) is 21.2 Å². The quantitative estimate of drug-likeness (QED) is 0.524. The first-order valence-electron chi connectivity index (χ1n) is 10.2. The van der Waals surface area contributed by atoms with Crippen LogP contribution in [-0.4, -0.2) is 71.2 Å². The second-order valence-corrected chi connectivity index (χ2v) is 9.56. The molecule has 1 aromatic carbocycles. The zero-order valence-corrected chi connectivity index (χ0v) is 18.0. The van der Waals surface area contributed by atoms with Crippen LogP contribution in [0.2, 0.25) is 0 Å². The average molecular weight is 422 g/mol. The summed E-state index contributed by atoms with van der Waals surface area (Å²) in [5.41, 5.74) is 1.88. The number of carbonyl (C=O) groups is 1. The van der Waals surface area contributed by atoms with Crippen LogP contribution >= 0.6 is 0 Å². The normalized spacial score (nSPS) is 17.9. The Morgan fingerprint density at radius 3 is 2.62 bits per heavy atom. The number of rotatable bonds is 6. The minimum atomic E-state index is -3.38. The molecule has 1 aromatic rings. The van der Waals surface area contributed by atoms with E-state index in [2.05, 4.69) is 20.5 Å². The van der Waals surface area contributed by atoms with Crippen molar-refractivity contribution < 1.29 is 13.2 Å². The third-order valence-corrected chi connectivity index (χ3v) is 7.47. The van der Waals surface area contributed by atoms with Crippen LogP contribution < -0.4 is 14.9 Å². The molecule has 0 unspecified atom stereocenters. The van der Waals surface area contributed by atoms with E-state index < -0.39 is 10.0 Å². The fourth-order valence-corrected chi connectivity index (χ4v) is 5.47. The largest absolute Gasteiger partial charge is 0.359 e. The molecule has 0 radical (unpaired) electrons. The van der Waals surface area contributed by atoms with Crippen LogP contribution in [0, 0.1) is 5.92 Å². The summed E-state index contributed by atoms with van der Waals surface area (Å²) in [6.07, 6.45) is 3.18. The second-order valence-electron chi connectivity index (χ2n) is 7.55. The molecular formula is C20H31N5O3S. The van der Waals surface area contributed by atoms with E-state index in [1.807, 2.05) is 24.3 Å². The first-order chi connectivity index (χ1) is 13.9. The summed E-state index contributed by atoms with van der Waals surface area (Å²) in [6.45, 7) is 2.45. The molecular weight excluding hydrogens is 390 g/mol. The van der Waals surface area contributed by atoms with Gasteiger partial charge < -0.3 is 15.5 Å². The Morgan fingerprint density at radius 1 is 1.21 bits per heavy atom. The van der Waals surface area contributed by atoms with Gasteiger partial charge in [-0.1, -0.05) is 18.2 Å². The van der Waals surface area contributed by atoms with Gasteiger partial charge >= 0.3 is 0 Å². The van der Waals surface area contributed by atoms with E-state index >= 15 is 0 Å². The maximum Gasteiger partial charge on any atom is 0.236 e. The SMILES string of the molecule is CN=C(NCCS(=O)(=O)N1CCc2ccccc21)N1CCC(CC(=O)NC)CC1. The van der Waals surface area contributed by atoms with Crippen molar-refractivity contribution in [2.24, 2.45) is 10.9 Å². The molecule has 1 fully saturated rings. The number of aliphatic imine (C=N–C) groups is 1. The molecule has 8 nitrogen and oxygen atoms in total. The third kappa shape index (κ3) is 5.20. The van der Waals surface area contributed by atoms with Crippen molar-refractivity contribution in [2.75, 3.05) is 50.3 Å². The number of sulfonamides is 1. The highest BCUT2D eigenvalue weighted by molar-refractivity contribution is 7.92. The summed E-state index contributed by atoms with van der Waals surface area (Å²) < 4.78 is 27.1. The molecule has 2 aliphatic heterocycles. The van der Waals surface area contributed by atoms with Gasteiger partial charge in [0.1, 0.15) is 0 Å². The highest BCUT2D eigenvalue weighted by Crippen LogP contribution is 2.29. The Morgan fingerprint density at radius 2 is 1.93 bits per heavy atom. The molecule has 0 bridgehead atoms. The van der Waals surface area contributed by atoms with Gasteiger partial charge in [-0.05, 0) is 36.8 Å². The highest BCUT2D eigenvalue weighted by Gasteiger charge is 2.29. The predicted molar refractivity (Wildman–Crippen MR) is 116 cm³/mol. The molecule has 0 atom stereocenters. The molecule has 2 aliphatic rings. The zero-order valence-electron chi connectivity index (χ0n) is 17.2. The van der Waals surface area contributed by atoms with Gasteiger partial charge in [0, 0.05) is 46.7 Å². The van der Waals surface area contributed by atoms with Crippen molar-refractivity contribution in [3.05, 3.63) is 29.8 Å². The second kappa shape index (κ2) is 9.47. The average Bonchev–Trinajstić information content (AvgIpc) is 3.17. The molecule has 1 saturated heterocycles. The summed E-state index contributed by atoms with van der Waals surface area (Å²) in [4.78, 5) is 18.0. The maximum absolute atomic E-state index is 12.8. The lowest BCUT2D eigenvalue weighted by Crippen LogP contribution is -2.47. The summed E-state index contributed by atoms with van der Waals surface area (Å²) in [6, 6.07) is 7.67. The number of amides is 1. The van der Waals surface area contributed by atoms with Crippen LogP contribution in [0.3, 0.4) is 0 Å². The summed E-state index contributed by atoms with van der Waals surface area (Å²) in [7, 11) is -0.00315. The Kier molecular flexibility index (Phi) is 7.00. The number of benzene rings is 1. The number of para-hydroxylation sites is 1. The van der Waals surface area contributed by atoms with Gasteiger partial charge in [0.15, 0.2) is 5.96 Å². The fraction of sp³-hybridized carbons (Fsp3) is 0.600. The summed E-state index contributed by atoms with van der Waals surface area (Å²) in [5.74, 6) is 1.22. The molecule has 1 amide bonds. The number of likely N-dealkylation sites (tertiary alicyclic amines) is 1. The standard InChI is InChI=1S/C20H31N5O3S/c1-21-19(26)15-16-7-11-24(12-8-16)20(22-2)23-10-14-29(27,28)25-13-9-17-5-3-4-6-18(17)25/h3-6,16H,7-15H2,1-2H3,(H,21,26)(H,22,23). The minimum Gasteiger partial charge on any atom is -0.359 e. The summed E-state index contributed by atoms with van der Waals surface area (Å²) >= 11 is 0. The Hall–Kier alpha value is -2.29. The first kappa shape index (κ1) is 21.4. The van der Waals surface area contributed by atoms with Gasteiger partial charge in [0.25, 0.3) is 0 Å². The van der Waals surface area contributed by atoms with Crippen LogP contribution in [0.25, 0.3) is 0 Å². The maximum atomic E-state index is 12.8. The lowest BCUT2D eigenvalue weighted by atomic mass is 9.93. The zero-order chi connectivity index (χ0) is 20.9. The van der Waals surface area contributed by atoms with Crippen molar-refractivity contribution in [2.45, 2.75) is 25.7 Å². The number of nitrogens with zero attached hydrogens (tertiary/aromatic N) is 3. The van der Waals surface area contributed by atoms with E-state index in [1.54, 1.807) is 14.1 Å². The number of piperidine rings is 1. The number of nitrogens with one attached hydrogen (secondary N) is 2. The van der Waals surface area contributed by atoms with Crippen molar-refractivity contribution in [3.8, 4) is 0 Å². The van der Waals surface area contributed by atoms with E-state index in [9.17, 15) is 13.2 Å². The topological polar surface area (TPSA) is 94.1 Å². The first-order valence-corrected chi connectivity index (χ1v) is 11.8. The van der Waals surface area contributed by atoms with Crippen LogP contribution in [0.15, 0.2) is 29.3 Å². The Labute approximate surface area is 173 Å². The number of fused-ring (bicyclic) bond motifs is 1. The van der Waals surface area contributed by atoms with Gasteiger partial charge in [-0.15, -0.1) is 0 Å². The molecule has 0 saturated carbocycles. The smallest absolute Gasteiger partial charge is 0.236 e. The molecule has 160 valence electrons. The van der Waals surface area contributed by atoms with Crippen LogP contribution in [0.5, 0.6) is 0 Å². The van der Waals surface area contributed by atoms with Gasteiger partial charge in [0.05, 0.1) is 11.4 Å². The Balaban J connectivity index is 1.49. The monoisotopic (exact) mass is 421 g/mol. The van der Waals surface area contributed by atoms with Crippen molar-refractivity contribution in [1.29, 1.82) is 0 Å². The lowest BCUT2D eigenvalue weighted by Gasteiger charge is -2.34. The molecule has 3 rings (SSSR count). The summed E-state index contributed by atoms with van der Waals surface area (Å²) in [5, 5.41) is 5.88. The third-order valence-electron chi connectivity index (χ3n) is 5.70. The molecule has 2 N–H and O–H groups in total. The molecule has 0 aromatic heterocycles. The highest BCUT2D eigenvalue weighted by atomic mass is 32.2. The van der Waals surface area contributed by atoms with E-state index in [0.717, 1.165) is 49.6 Å². The van der Waals surface area contributed by atoms with Gasteiger partial charge in [-0.25, -0.2) is 8.42 Å². The molecule has 29 heavy (non-hydrogen) atoms. The van der Waals surface area contributed by atoms with E-state index in [-0.39, 0.29) is 11.7 Å². The minimum absolute atomic E-state index is 0.0213. The number of anilines is 1. The number of hydrogen-bond donors (Lipinski definition) is 2. The molecule has 9 heteroatoms. The van der Waals surface area contributed by atoms with Crippen molar-refractivity contribution in [3.63, 3.8) is 0 Å². The van der Waals surface area contributed by atoms with E-state index in [4.69, 9.17) is 0 Å². The van der Waals surface area contributed by atoms with E-state index in [1.165, 1.54) is 4.31 Å². The van der Waals surface area contributed by atoms with Gasteiger partial charge in [-0.3, -0.25) is 14.1 Å². The number of carbonyl (C=O) groups excluding carboxylic acids is 1. The lowest BCUT2D eigenvalue weighted by molar-refractivity contribution is -0.121. The van der Waals surface area contributed by atoms with Gasteiger partial charge in [-0.2, -0.15) is 0 Å². The number of guanidine groups is 1. The molecule has 2 heterocycles. The fourth-order valence-electron chi connectivity index (χ4n) is 4.04. The Bertz CT molecular complexity index is 847. The number of hydrogen-bond acceptors (Lipinski definition) is 4. The molecule has 0 spiro atoms. The van der Waals surface area contributed by atoms with E-state index in [0.29, 0.717) is 25.4 Å². The predicted octanol–water partition coefficient (Wildman–Crippen LogP) is 0.802. The van der Waals surface area contributed by atoms with Crippen molar-refractivity contribution >= 4 is 27.6 Å².